The van der Waals surface area contributed by atoms with Crippen molar-refractivity contribution in [2.75, 3.05) is 20.8 Å². The topological polar surface area (TPSA) is 61.8 Å². The lowest BCUT2D eigenvalue weighted by atomic mass is 10.2. The normalized spacial score (nSPS) is 8.89. The fraction of sp³-hybridized carbons (Fsp3) is 0.385. The van der Waals surface area contributed by atoms with Gasteiger partial charge in [0.05, 0.1) is 14.2 Å². The van der Waals surface area contributed by atoms with E-state index in [1.165, 1.54) is 14.2 Å². The van der Waals surface area contributed by atoms with E-state index in [-0.39, 0.29) is 17.9 Å². The third kappa shape index (κ3) is 5.74. The fourth-order valence-corrected chi connectivity index (χ4v) is 1.43. The van der Waals surface area contributed by atoms with Crippen LogP contribution in [0.4, 0.5) is 0 Å². The predicted octanol–water partition coefficient (Wildman–Crippen LogP) is 2.81. The third-order valence-corrected chi connectivity index (χ3v) is 2.42. The van der Waals surface area contributed by atoms with Crippen LogP contribution in [-0.4, -0.2) is 32.8 Å². The van der Waals surface area contributed by atoms with E-state index in [9.17, 15) is 9.59 Å². The highest BCUT2D eigenvalue weighted by atomic mass is 79.9. The van der Waals surface area contributed by atoms with Gasteiger partial charge in [-0.1, -0.05) is 29.8 Å². The molecule has 0 bridgehead atoms. The molecule has 0 heterocycles. The zero-order valence-corrected chi connectivity index (χ0v) is 12.9. The molecule has 0 aliphatic carbocycles. The van der Waals surface area contributed by atoms with Crippen molar-refractivity contribution in [1.82, 2.24) is 0 Å². The van der Waals surface area contributed by atoms with Crippen molar-refractivity contribution in [3.63, 3.8) is 0 Å². The van der Waals surface area contributed by atoms with Crippen LogP contribution in [0.15, 0.2) is 22.7 Å². The van der Waals surface area contributed by atoms with Gasteiger partial charge < -0.3 is 14.2 Å². The van der Waals surface area contributed by atoms with Gasteiger partial charge in [0.25, 0.3) is 0 Å². The second-order valence-electron chi connectivity index (χ2n) is 3.00. The number of hydrogen-bond acceptors (Lipinski definition) is 5. The highest BCUT2D eigenvalue weighted by molar-refractivity contribution is 9.10. The van der Waals surface area contributed by atoms with Crippen molar-refractivity contribution >= 4 is 27.9 Å². The molecule has 1 aromatic rings. The molecule has 5 nitrogen and oxygen atoms in total. The monoisotopic (exact) mass is 332 g/mol. The minimum absolute atomic E-state index is 0.250. The molecule has 0 radical (unpaired) electrons. The first-order valence-corrected chi connectivity index (χ1v) is 6.45. The smallest absolute Gasteiger partial charge is 0.343 e. The molecule has 0 aliphatic heterocycles. The maximum Gasteiger partial charge on any atom is 0.343 e. The van der Waals surface area contributed by atoms with Gasteiger partial charge in [0.2, 0.25) is 0 Å². The number of carbonyl (C=O) groups excluding carboxylic acids is 2. The molecule has 0 saturated carbocycles. The number of esters is 2. The zero-order valence-electron chi connectivity index (χ0n) is 11.4. The third-order valence-electron chi connectivity index (χ3n) is 1.92. The summed E-state index contributed by atoms with van der Waals surface area (Å²) in [7, 11) is 2.53. The number of ether oxygens (including phenoxy) is 3. The van der Waals surface area contributed by atoms with Crippen LogP contribution >= 0.6 is 15.9 Å². The van der Waals surface area contributed by atoms with E-state index in [1.807, 2.05) is 13.8 Å². The second kappa shape index (κ2) is 9.38. The van der Waals surface area contributed by atoms with E-state index >= 15 is 0 Å². The number of carbonyl (C=O) groups is 2. The first-order chi connectivity index (χ1) is 9.08. The SMILES string of the molecule is CC.COC(=O)COc1cc(Br)ccc1C(=O)OC. The van der Waals surface area contributed by atoms with E-state index in [4.69, 9.17) is 4.74 Å². The molecule has 0 fully saturated rings. The van der Waals surface area contributed by atoms with E-state index < -0.39 is 11.9 Å². The first-order valence-electron chi connectivity index (χ1n) is 5.66. The molecule has 19 heavy (non-hydrogen) atoms. The second-order valence-corrected chi connectivity index (χ2v) is 3.91. The molecule has 0 saturated heterocycles. The Kier molecular flexibility index (Phi) is 8.61. The molecule has 0 unspecified atom stereocenters. The number of hydrogen-bond donors (Lipinski definition) is 0. The molecular formula is C13H17BrO5. The molecule has 1 rings (SSSR count). The molecule has 0 atom stereocenters. The number of rotatable bonds is 4. The van der Waals surface area contributed by atoms with Gasteiger partial charge in [-0.05, 0) is 18.2 Å². The Labute approximate surface area is 121 Å². The molecular weight excluding hydrogens is 316 g/mol. The van der Waals surface area contributed by atoms with Crippen LogP contribution in [0.25, 0.3) is 0 Å². The van der Waals surface area contributed by atoms with Crippen LogP contribution in [0.1, 0.15) is 24.2 Å². The predicted molar refractivity (Wildman–Crippen MR) is 74.3 cm³/mol. The van der Waals surface area contributed by atoms with E-state index in [2.05, 4.69) is 25.4 Å². The van der Waals surface area contributed by atoms with Crippen molar-refractivity contribution in [2.45, 2.75) is 13.8 Å². The molecule has 0 aromatic heterocycles. The molecule has 106 valence electrons. The van der Waals surface area contributed by atoms with Crippen molar-refractivity contribution in [3.05, 3.63) is 28.2 Å². The zero-order chi connectivity index (χ0) is 14.8. The average molecular weight is 333 g/mol. The van der Waals surface area contributed by atoms with Gasteiger partial charge in [-0.2, -0.15) is 0 Å². The number of methoxy groups -OCH3 is 2. The minimum atomic E-state index is -0.530. The number of benzene rings is 1. The van der Waals surface area contributed by atoms with Crippen LogP contribution in [0.3, 0.4) is 0 Å². The van der Waals surface area contributed by atoms with Gasteiger partial charge in [0, 0.05) is 4.47 Å². The lowest BCUT2D eigenvalue weighted by molar-refractivity contribution is -0.142. The fourth-order valence-electron chi connectivity index (χ4n) is 1.09. The average Bonchev–Trinajstić information content (AvgIpc) is 2.46. The Morgan fingerprint density at radius 1 is 1.16 bits per heavy atom. The lowest BCUT2D eigenvalue weighted by Gasteiger charge is -2.09. The quantitative estimate of drug-likeness (QED) is 0.793. The highest BCUT2D eigenvalue weighted by Crippen LogP contribution is 2.24. The Balaban J connectivity index is 0.00000154. The largest absolute Gasteiger partial charge is 0.481 e. The van der Waals surface area contributed by atoms with Crippen LogP contribution in [0.5, 0.6) is 5.75 Å². The molecule has 1 aromatic carbocycles. The van der Waals surface area contributed by atoms with Gasteiger partial charge in [0.1, 0.15) is 11.3 Å². The van der Waals surface area contributed by atoms with Gasteiger partial charge >= 0.3 is 11.9 Å². The van der Waals surface area contributed by atoms with Gasteiger partial charge in [0.15, 0.2) is 6.61 Å². The summed E-state index contributed by atoms with van der Waals surface area (Å²) in [6, 6.07) is 4.80. The summed E-state index contributed by atoms with van der Waals surface area (Å²) in [6.07, 6.45) is 0. The van der Waals surface area contributed by atoms with Crippen molar-refractivity contribution in [3.8, 4) is 5.75 Å². The Morgan fingerprint density at radius 2 is 1.79 bits per heavy atom. The Morgan fingerprint density at radius 3 is 2.32 bits per heavy atom. The summed E-state index contributed by atoms with van der Waals surface area (Å²) < 4.78 is 15.0. The minimum Gasteiger partial charge on any atom is -0.481 e. The van der Waals surface area contributed by atoms with Crippen LogP contribution in [0, 0.1) is 0 Å². The van der Waals surface area contributed by atoms with Crippen LogP contribution in [0.2, 0.25) is 0 Å². The lowest BCUT2D eigenvalue weighted by Crippen LogP contribution is -2.14. The van der Waals surface area contributed by atoms with Crippen molar-refractivity contribution in [2.24, 2.45) is 0 Å². The van der Waals surface area contributed by atoms with Gasteiger partial charge in [-0.3, -0.25) is 0 Å². The Hall–Kier alpha value is -1.56. The summed E-state index contributed by atoms with van der Waals surface area (Å²) in [5.74, 6) is -0.796. The summed E-state index contributed by atoms with van der Waals surface area (Å²) in [5.41, 5.74) is 0.250. The maximum atomic E-state index is 11.4. The molecule has 0 N–H and O–H groups in total. The molecule has 0 amide bonds. The first kappa shape index (κ1) is 17.4. The van der Waals surface area contributed by atoms with E-state index in [0.29, 0.717) is 0 Å². The van der Waals surface area contributed by atoms with Gasteiger partial charge in [-0.25, -0.2) is 9.59 Å². The summed E-state index contributed by atoms with van der Waals surface area (Å²) in [5, 5.41) is 0. The summed E-state index contributed by atoms with van der Waals surface area (Å²) in [6.45, 7) is 3.73. The Bertz CT molecular complexity index is 431. The molecule has 0 spiro atoms. The van der Waals surface area contributed by atoms with E-state index in [1.54, 1.807) is 18.2 Å². The highest BCUT2D eigenvalue weighted by Gasteiger charge is 2.14. The van der Waals surface area contributed by atoms with Gasteiger partial charge in [-0.15, -0.1) is 0 Å². The van der Waals surface area contributed by atoms with Crippen LogP contribution < -0.4 is 4.74 Å². The van der Waals surface area contributed by atoms with Crippen molar-refractivity contribution in [1.29, 1.82) is 0 Å². The van der Waals surface area contributed by atoms with E-state index in [0.717, 1.165) is 4.47 Å². The standard InChI is InChI=1S/C11H11BrO5.C2H6/c1-15-10(13)6-17-9-5-7(12)3-4-8(9)11(14)16-2;1-2/h3-5H,6H2,1-2H3;1-2H3. The van der Waals surface area contributed by atoms with Crippen LogP contribution in [-0.2, 0) is 14.3 Å². The number of halogens is 1. The summed E-state index contributed by atoms with van der Waals surface area (Å²) in [4.78, 5) is 22.4. The maximum absolute atomic E-state index is 11.4. The molecule has 0 aliphatic rings. The molecule has 6 heteroatoms. The summed E-state index contributed by atoms with van der Waals surface area (Å²) >= 11 is 3.24. The van der Waals surface area contributed by atoms with Crippen molar-refractivity contribution < 1.29 is 23.8 Å².